The number of esters is 1. The van der Waals surface area contributed by atoms with Gasteiger partial charge < -0.3 is 42.6 Å². The molecule has 0 N–H and O–H groups in total. The molecule has 88 heavy (non-hydrogen) atoms. The zero-order chi connectivity index (χ0) is 59.5. The van der Waals surface area contributed by atoms with Crippen LogP contribution in [0.5, 0.6) is 46.0 Å². The van der Waals surface area contributed by atoms with E-state index < -0.39 is 18.2 Å². The van der Waals surface area contributed by atoms with Crippen LogP contribution in [0.15, 0.2) is 279 Å². The van der Waals surface area contributed by atoms with Gasteiger partial charge in [-0.05, 0) is 68.8 Å². The van der Waals surface area contributed by atoms with Gasteiger partial charge in [0.2, 0.25) is 5.75 Å². The zero-order valence-electron chi connectivity index (χ0n) is 48.7. The molecule has 1 aliphatic rings. The van der Waals surface area contributed by atoms with E-state index in [-0.39, 0.29) is 45.0 Å². The number of rotatable bonds is 26. The van der Waals surface area contributed by atoms with Crippen LogP contribution in [0.4, 0.5) is 0 Å². The van der Waals surface area contributed by atoms with Crippen molar-refractivity contribution >= 4 is 5.97 Å². The van der Waals surface area contributed by atoms with Crippen LogP contribution in [0.1, 0.15) is 77.7 Å². The van der Waals surface area contributed by atoms with Crippen molar-refractivity contribution in [2.45, 2.75) is 71.3 Å². The molecule has 11 aromatic rings. The third kappa shape index (κ3) is 15.2. The monoisotopic (exact) mass is 1160 g/mol. The second kappa shape index (κ2) is 28.9. The van der Waals surface area contributed by atoms with Crippen molar-refractivity contribution < 1.29 is 47.4 Å². The van der Waals surface area contributed by atoms with Crippen LogP contribution < -0.4 is 37.9 Å². The van der Waals surface area contributed by atoms with E-state index in [1.54, 1.807) is 12.1 Å². The number of fused-ring (bicyclic) bond motifs is 1. The first-order chi connectivity index (χ1) is 43.5. The fraction of sp³-hybridized carbons (Fsp3) is 0.141. The van der Waals surface area contributed by atoms with Gasteiger partial charge in [-0.3, -0.25) is 0 Å². The van der Waals surface area contributed by atoms with Crippen LogP contribution in [0.25, 0.3) is 0 Å². The average Bonchev–Trinajstić information content (AvgIpc) is 1.77. The lowest BCUT2D eigenvalue weighted by Gasteiger charge is -2.36. The second-order valence-corrected chi connectivity index (χ2v) is 21.4. The maximum absolute atomic E-state index is 15.6. The first-order valence-corrected chi connectivity index (χ1v) is 29.6. The van der Waals surface area contributed by atoms with Crippen LogP contribution in [-0.4, -0.2) is 12.1 Å². The molecule has 11 aromatic carbocycles. The summed E-state index contributed by atoms with van der Waals surface area (Å²) >= 11 is 0. The highest BCUT2D eigenvalue weighted by molar-refractivity contribution is 5.91. The molecular weight excluding hydrogens is 1100 g/mol. The fourth-order valence-electron chi connectivity index (χ4n) is 10.5. The number of ether oxygens (including phenoxy) is 9. The van der Waals surface area contributed by atoms with Gasteiger partial charge in [0, 0.05) is 35.6 Å². The maximum atomic E-state index is 15.6. The Morgan fingerprint density at radius 2 is 0.693 bits per heavy atom. The van der Waals surface area contributed by atoms with Crippen LogP contribution in [0.3, 0.4) is 0 Å². The lowest BCUT2D eigenvalue weighted by molar-refractivity contribution is -0.0194. The Morgan fingerprint density at radius 3 is 1.11 bits per heavy atom. The minimum absolute atomic E-state index is 0.175. The van der Waals surface area contributed by atoms with Crippen molar-refractivity contribution in [2.24, 2.45) is 0 Å². The lowest BCUT2D eigenvalue weighted by atomic mass is 9.90. The van der Waals surface area contributed by atoms with Crippen molar-refractivity contribution in [3.05, 3.63) is 346 Å². The number of benzene rings is 11. The van der Waals surface area contributed by atoms with Gasteiger partial charge in [-0.15, -0.1) is 0 Å². The van der Waals surface area contributed by atoms with Gasteiger partial charge in [0.15, 0.2) is 29.1 Å². The van der Waals surface area contributed by atoms with E-state index in [0.29, 0.717) is 71.2 Å². The molecule has 0 radical (unpaired) electrons. The smallest absolute Gasteiger partial charge is 0.338 e. The molecule has 10 nitrogen and oxygen atoms in total. The largest absolute Gasteiger partial charge is 0.488 e. The first kappa shape index (κ1) is 57.7. The van der Waals surface area contributed by atoms with E-state index in [1.807, 2.05) is 255 Å². The summed E-state index contributed by atoms with van der Waals surface area (Å²) in [6.07, 6.45) is -1.25. The van der Waals surface area contributed by atoms with E-state index in [4.69, 9.17) is 42.6 Å². The van der Waals surface area contributed by atoms with Gasteiger partial charge in [-0.1, -0.05) is 249 Å². The molecule has 1 aliphatic heterocycles. The van der Waals surface area contributed by atoms with Crippen molar-refractivity contribution in [1.29, 1.82) is 0 Å². The zero-order valence-corrected chi connectivity index (χ0v) is 48.7. The van der Waals surface area contributed by atoms with Gasteiger partial charge in [0.1, 0.15) is 69.6 Å². The Balaban J connectivity index is 0.983. The molecule has 438 valence electrons. The van der Waals surface area contributed by atoms with Crippen molar-refractivity contribution in [2.75, 3.05) is 0 Å². The second-order valence-electron chi connectivity index (χ2n) is 21.4. The highest BCUT2D eigenvalue weighted by Crippen LogP contribution is 2.50. The molecule has 0 saturated heterocycles. The summed E-state index contributed by atoms with van der Waals surface area (Å²) in [5, 5.41) is 0. The molecule has 0 bridgehead atoms. The predicted octanol–water partition coefficient (Wildman–Crippen LogP) is 17.2. The Hall–Kier alpha value is -10.7. The SMILES string of the molecule is O=C(O[C@@H]1Cc2c(OCc3ccccc3)cc(OCc3ccccc3)c(Cc3ccccc3)c2O[C@H]1c1ccc(OCc2ccccc2)c(OCc2ccccc2)c1)c1cc(OCc2ccccc2)c(OCc2ccccc2)c(OCc2ccccc2)c1. The summed E-state index contributed by atoms with van der Waals surface area (Å²) < 4.78 is 61.5. The minimum Gasteiger partial charge on any atom is -0.488 e. The van der Waals surface area contributed by atoms with Gasteiger partial charge in [0.05, 0.1) is 5.56 Å². The van der Waals surface area contributed by atoms with Crippen LogP contribution in [0.2, 0.25) is 0 Å². The topological polar surface area (TPSA) is 100 Å². The summed E-state index contributed by atoms with van der Waals surface area (Å²) in [5.41, 5.74) is 10.2. The van der Waals surface area contributed by atoms with Gasteiger partial charge in [-0.25, -0.2) is 4.79 Å². The lowest BCUT2D eigenvalue weighted by Crippen LogP contribution is -2.35. The van der Waals surface area contributed by atoms with Crippen LogP contribution >= 0.6 is 0 Å². The Labute approximate surface area is 514 Å². The van der Waals surface area contributed by atoms with E-state index in [1.165, 1.54) is 0 Å². The fourth-order valence-corrected chi connectivity index (χ4v) is 10.5. The molecule has 0 amide bonds. The summed E-state index contributed by atoms with van der Waals surface area (Å²) in [7, 11) is 0. The maximum Gasteiger partial charge on any atom is 0.338 e. The molecule has 0 saturated carbocycles. The summed E-state index contributed by atoms with van der Waals surface area (Å²) in [5.74, 6) is 3.02. The molecule has 0 spiro atoms. The minimum atomic E-state index is -0.964. The average molecular weight is 1160 g/mol. The van der Waals surface area contributed by atoms with E-state index in [2.05, 4.69) is 12.1 Å². The summed E-state index contributed by atoms with van der Waals surface area (Å²) in [4.78, 5) is 15.6. The van der Waals surface area contributed by atoms with Crippen LogP contribution in [-0.2, 0) is 63.8 Å². The number of hydrogen-bond acceptors (Lipinski definition) is 10. The molecule has 0 unspecified atom stereocenters. The van der Waals surface area contributed by atoms with Crippen molar-refractivity contribution in [1.82, 2.24) is 0 Å². The van der Waals surface area contributed by atoms with Gasteiger partial charge in [-0.2, -0.15) is 0 Å². The van der Waals surface area contributed by atoms with E-state index in [0.717, 1.165) is 55.6 Å². The third-order valence-corrected chi connectivity index (χ3v) is 15.1. The van der Waals surface area contributed by atoms with E-state index in [9.17, 15) is 0 Å². The normalized spacial score (nSPS) is 13.2. The first-order valence-electron chi connectivity index (χ1n) is 29.6. The molecule has 12 rings (SSSR count). The number of hydrogen-bond donors (Lipinski definition) is 0. The molecule has 2 atom stereocenters. The number of carbonyl (C=O) groups excluding carboxylic acids is 1. The summed E-state index contributed by atoms with van der Waals surface area (Å²) in [6.45, 7) is 1.69. The Bertz CT molecular complexity index is 3920. The predicted molar refractivity (Wildman–Crippen MR) is 340 cm³/mol. The quantitative estimate of drug-likeness (QED) is 0.0487. The Kier molecular flexibility index (Phi) is 19.0. The van der Waals surface area contributed by atoms with Crippen molar-refractivity contribution in [3.8, 4) is 46.0 Å². The Morgan fingerprint density at radius 1 is 0.341 bits per heavy atom. The highest BCUT2D eigenvalue weighted by Gasteiger charge is 2.40. The molecule has 0 aliphatic carbocycles. The highest BCUT2D eigenvalue weighted by atomic mass is 16.6. The molecule has 0 aromatic heterocycles. The van der Waals surface area contributed by atoms with Crippen molar-refractivity contribution in [3.63, 3.8) is 0 Å². The van der Waals surface area contributed by atoms with Gasteiger partial charge >= 0.3 is 5.97 Å². The summed E-state index contributed by atoms with van der Waals surface area (Å²) in [6, 6.07) is 91.0. The molecule has 1 heterocycles. The molecule has 10 heteroatoms. The number of carbonyl (C=O) groups is 1. The van der Waals surface area contributed by atoms with E-state index >= 15 is 4.79 Å². The van der Waals surface area contributed by atoms with Gasteiger partial charge in [0.25, 0.3) is 0 Å². The molecule has 0 fully saturated rings. The third-order valence-electron chi connectivity index (χ3n) is 15.1. The standard InChI is InChI=1S/C78H66O10/c79-78(65-45-72(84-53-61-35-19-6-20-36-61)77(86-55-63-39-23-8-24-40-63)73(46-65)85-54-62-37-21-7-22-38-62)87-74-47-67-70(82-51-59-31-15-4-16-32-59)48-69(81-50-58-29-13-3-14-30-58)66(43-56-25-9-1-10-26-56)76(67)88-75(74)64-41-42-68(80-49-57-27-11-2-12-28-57)71(44-64)83-52-60-33-17-5-18-34-60/h1-42,44-46,48,74-75H,43,47,49-55H2/t74-,75+/m1/s1. The van der Waals surface area contributed by atoms with Crippen LogP contribution in [0, 0.1) is 0 Å². The molecular formula is C78H66O10.